The highest BCUT2D eigenvalue weighted by molar-refractivity contribution is 8.03. The summed E-state index contributed by atoms with van der Waals surface area (Å²) >= 11 is 0. The number of hydrogen-bond acceptors (Lipinski definition) is 4. The van der Waals surface area contributed by atoms with Crippen LogP contribution in [0.3, 0.4) is 0 Å². The normalized spacial score (nSPS) is 10.9. The number of carbonyl (C=O) groups is 1. The molecule has 0 fully saturated rings. The van der Waals surface area contributed by atoms with Crippen LogP contribution in [0.25, 0.3) is 0 Å². The molecular formula is C8H9NO4S. The predicted molar refractivity (Wildman–Crippen MR) is 49.7 cm³/mol. The zero-order valence-electron chi connectivity index (χ0n) is 7.21. The minimum atomic E-state index is -4.23. The average Bonchev–Trinajstić information content (AvgIpc) is 2.14. The van der Waals surface area contributed by atoms with Crippen molar-refractivity contribution in [3.8, 4) is 0 Å². The molecule has 0 amide bonds. The van der Waals surface area contributed by atoms with Gasteiger partial charge >= 0.3 is 15.3 Å². The number of sulfonamides is 1. The summed E-state index contributed by atoms with van der Waals surface area (Å²) in [6.07, 6.45) is 0. The molecule has 0 radical (unpaired) electrons. The molecule has 0 aliphatic heterocycles. The lowest BCUT2D eigenvalue weighted by Crippen LogP contribution is -2.24. The first-order chi connectivity index (χ1) is 6.50. The van der Waals surface area contributed by atoms with E-state index in [0.717, 1.165) is 0 Å². The van der Waals surface area contributed by atoms with Crippen LogP contribution in [0.15, 0.2) is 30.3 Å². The summed E-state index contributed by atoms with van der Waals surface area (Å²) in [7, 11) is -4.23. The van der Waals surface area contributed by atoms with Crippen LogP contribution in [0.2, 0.25) is 0 Å². The minimum absolute atomic E-state index is 0.101. The molecule has 1 rings (SSSR count). The topological polar surface area (TPSA) is 86.5 Å². The molecule has 0 aliphatic carbocycles. The highest BCUT2D eigenvalue weighted by Gasteiger charge is 2.17. The van der Waals surface area contributed by atoms with Crippen LogP contribution in [0, 0.1) is 0 Å². The van der Waals surface area contributed by atoms with E-state index in [4.69, 9.17) is 0 Å². The Labute approximate surface area is 81.5 Å². The van der Waals surface area contributed by atoms with E-state index >= 15 is 0 Å². The van der Waals surface area contributed by atoms with Crippen molar-refractivity contribution >= 4 is 15.3 Å². The van der Waals surface area contributed by atoms with Crippen molar-refractivity contribution in [3.05, 3.63) is 35.9 Å². The molecule has 1 aromatic rings. The van der Waals surface area contributed by atoms with Gasteiger partial charge in [0.1, 0.15) is 6.61 Å². The Hall–Kier alpha value is -1.40. The Morgan fingerprint density at radius 3 is 2.36 bits per heavy atom. The standard InChI is InChI=1S/C8H9NO4S/c9-14(11,12)8(10)13-6-7-4-2-1-3-5-7/h1-5H,6H2,(H2,9,11,12). The maximum absolute atomic E-state index is 10.7. The molecule has 1 aromatic carbocycles. The van der Waals surface area contributed by atoms with E-state index in [1.807, 2.05) is 0 Å². The van der Waals surface area contributed by atoms with Crippen molar-refractivity contribution in [1.82, 2.24) is 0 Å². The van der Waals surface area contributed by atoms with Gasteiger partial charge in [-0.2, -0.15) is 0 Å². The summed E-state index contributed by atoms with van der Waals surface area (Å²) in [5.41, 5.74) is 0.699. The maximum Gasteiger partial charge on any atom is 0.439 e. The SMILES string of the molecule is NS(=O)(=O)C(=O)OCc1ccccc1. The fourth-order valence-electron chi connectivity index (χ4n) is 0.799. The molecule has 0 bridgehead atoms. The summed E-state index contributed by atoms with van der Waals surface area (Å²) in [6, 6.07) is 8.71. The fourth-order valence-corrected chi connectivity index (χ4v) is 1.02. The lowest BCUT2D eigenvalue weighted by molar-refractivity contribution is 0.166. The monoisotopic (exact) mass is 215 g/mol. The summed E-state index contributed by atoms with van der Waals surface area (Å²) < 4.78 is 25.4. The Kier molecular flexibility index (Phi) is 3.21. The van der Waals surface area contributed by atoms with Crippen molar-refractivity contribution in [2.45, 2.75) is 6.61 Å². The molecule has 6 heteroatoms. The second kappa shape index (κ2) is 4.21. The largest absolute Gasteiger partial charge is 0.448 e. The van der Waals surface area contributed by atoms with Crippen LogP contribution < -0.4 is 5.14 Å². The Morgan fingerprint density at radius 1 is 1.29 bits per heavy atom. The zero-order valence-corrected chi connectivity index (χ0v) is 8.03. The van der Waals surface area contributed by atoms with E-state index in [1.54, 1.807) is 30.3 Å². The molecule has 0 saturated heterocycles. The van der Waals surface area contributed by atoms with Crippen LogP contribution >= 0.6 is 0 Å². The summed E-state index contributed by atoms with van der Waals surface area (Å²) in [5, 5.41) is 3.13. The molecule has 5 nitrogen and oxygen atoms in total. The average molecular weight is 215 g/mol. The number of carbonyl (C=O) groups excluding carboxylic acids is 1. The van der Waals surface area contributed by atoms with Crippen molar-refractivity contribution in [1.29, 1.82) is 0 Å². The second-order valence-electron chi connectivity index (χ2n) is 2.57. The fraction of sp³-hybridized carbons (Fsp3) is 0.125. The van der Waals surface area contributed by atoms with Gasteiger partial charge in [-0.05, 0) is 5.56 Å². The van der Waals surface area contributed by atoms with E-state index < -0.39 is 15.3 Å². The Balaban J connectivity index is 2.55. The lowest BCUT2D eigenvalue weighted by Gasteiger charge is -2.01. The van der Waals surface area contributed by atoms with Crippen molar-refractivity contribution in [3.63, 3.8) is 0 Å². The van der Waals surface area contributed by atoms with E-state index in [1.165, 1.54) is 0 Å². The molecule has 0 aromatic heterocycles. The van der Waals surface area contributed by atoms with Crippen LogP contribution in [0.1, 0.15) is 5.56 Å². The predicted octanol–water partition coefficient (Wildman–Crippen LogP) is 0.612. The molecular weight excluding hydrogens is 206 g/mol. The second-order valence-corrected chi connectivity index (χ2v) is 3.99. The van der Waals surface area contributed by atoms with Crippen LogP contribution in [0.5, 0.6) is 0 Å². The van der Waals surface area contributed by atoms with Crippen LogP contribution in [0.4, 0.5) is 4.79 Å². The van der Waals surface area contributed by atoms with E-state index in [2.05, 4.69) is 9.88 Å². The molecule has 14 heavy (non-hydrogen) atoms. The molecule has 2 N–H and O–H groups in total. The van der Waals surface area contributed by atoms with Gasteiger partial charge in [0.05, 0.1) is 0 Å². The number of benzene rings is 1. The van der Waals surface area contributed by atoms with Gasteiger partial charge in [0.2, 0.25) is 0 Å². The number of nitrogens with two attached hydrogens (primary N) is 1. The third-order valence-corrected chi connectivity index (χ3v) is 2.01. The van der Waals surface area contributed by atoms with Crippen molar-refractivity contribution in [2.24, 2.45) is 5.14 Å². The number of primary sulfonamides is 1. The number of rotatable bonds is 2. The minimum Gasteiger partial charge on any atom is -0.448 e. The molecule has 0 atom stereocenters. The van der Waals surface area contributed by atoms with Crippen molar-refractivity contribution < 1.29 is 17.9 Å². The van der Waals surface area contributed by atoms with Crippen LogP contribution in [-0.4, -0.2) is 13.7 Å². The Morgan fingerprint density at radius 2 is 1.86 bits per heavy atom. The van der Waals surface area contributed by atoms with Crippen molar-refractivity contribution in [2.75, 3.05) is 0 Å². The van der Waals surface area contributed by atoms with Gasteiger partial charge in [0.15, 0.2) is 0 Å². The Bertz CT molecular complexity index is 412. The van der Waals surface area contributed by atoms with Gasteiger partial charge in [0, 0.05) is 0 Å². The molecule has 0 unspecified atom stereocenters. The highest BCUT2D eigenvalue weighted by atomic mass is 32.2. The highest BCUT2D eigenvalue weighted by Crippen LogP contribution is 2.01. The van der Waals surface area contributed by atoms with Gasteiger partial charge in [-0.25, -0.2) is 18.4 Å². The summed E-state index contributed by atoms with van der Waals surface area (Å²) in [6.45, 7) is -0.101. The number of ether oxygens (including phenoxy) is 1. The smallest absolute Gasteiger partial charge is 0.439 e. The van der Waals surface area contributed by atoms with Gasteiger partial charge in [-0.15, -0.1) is 0 Å². The van der Waals surface area contributed by atoms with Gasteiger partial charge in [-0.1, -0.05) is 30.3 Å². The number of hydrogen-bond donors (Lipinski definition) is 1. The third kappa shape index (κ3) is 3.15. The first-order valence-electron chi connectivity index (χ1n) is 3.73. The van der Waals surface area contributed by atoms with E-state index in [9.17, 15) is 13.2 Å². The zero-order chi connectivity index (χ0) is 10.6. The molecule has 76 valence electrons. The molecule has 0 spiro atoms. The quantitative estimate of drug-likeness (QED) is 0.732. The van der Waals surface area contributed by atoms with Gasteiger partial charge < -0.3 is 4.74 Å². The summed E-state index contributed by atoms with van der Waals surface area (Å²) in [5.74, 6) is 0. The van der Waals surface area contributed by atoms with E-state index in [-0.39, 0.29) is 6.61 Å². The lowest BCUT2D eigenvalue weighted by atomic mass is 10.2. The first-order valence-corrected chi connectivity index (χ1v) is 5.28. The molecule has 0 aliphatic rings. The van der Waals surface area contributed by atoms with E-state index in [0.29, 0.717) is 5.56 Å². The van der Waals surface area contributed by atoms with Gasteiger partial charge in [0.25, 0.3) is 0 Å². The molecule has 0 saturated carbocycles. The summed E-state index contributed by atoms with van der Waals surface area (Å²) in [4.78, 5) is 10.7. The maximum atomic E-state index is 10.7. The molecule has 0 heterocycles. The van der Waals surface area contributed by atoms with Crippen LogP contribution in [-0.2, 0) is 21.4 Å². The first kappa shape index (κ1) is 10.7. The third-order valence-electron chi connectivity index (χ3n) is 1.43. The van der Waals surface area contributed by atoms with Gasteiger partial charge in [-0.3, -0.25) is 0 Å².